The molecule has 308 valence electrons. The molecule has 0 saturated carbocycles. The van der Waals surface area contributed by atoms with Gasteiger partial charge in [-0.1, -0.05) is 45.9 Å². The van der Waals surface area contributed by atoms with Crippen molar-refractivity contribution < 1.29 is 67.0 Å². The molecule has 15 heteroatoms. The average Bonchev–Trinajstić information content (AvgIpc) is 3.40. The summed E-state index contributed by atoms with van der Waals surface area (Å²) in [5.74, 6) is -9.32. The molecule has 0 amide bonds. The predicted molar refractivity (Wildman–Crippen MR) is 205 cm³/mol. The Balaban J connectivity index is 1.96. The van der Waals surface area contributed by atoms with Gasteiger partial charge in [-0.25, -0.2) is 4.99 Å². The Bertz CT molecular complexity index is 1990. The fourth-order valence-corrected chi connectivity index (χ4v) is 7.43. The first-order valence-corrected chi connectivity index (χ1v) is 18.5. The topological polar surface area (TPSA) is 200 Å². The van der Waals surface area contributed by atoms with E-state index < -0.39 is 89.1 Å². The molecule has 9 atom stereocenters. The van der Waals surface area contributed by atoms with Gasteiger partial charge in [0, 0.05) is 75.7 Å². The maximum Gasteiger partial charge on any atom is 0.312 e. The Kier molecular flexibility index (Phi) is 13.8. The number of aliphatic imine (C=N–C) groups is 1. The van der Waals surface area contributed by atoms with Crippen LogP contribution in [0.1, 0.15) is 99.0 Å². The van der Waals surface area contributed by atoms with Gasteiger partial charge >= 0.3 is 23.7 Å². The van der Waals surface area contributed by atoms with Gasteiger partial charge in [0.25, 0.3) is 5.78 Å². The molecule has 5 rings (SSSR count). The molecule has 0 aromatic heterocycles. The molecule has 1 aromatic rings. The van der Waals surface area contributed by atoms with Crippen LogP contribution in [-0.4, -0.2) is 90.7 Å². The number of methoxy groups -OCH3 is 2. The number of carbonyl (C=O) groups is 6. The second-order valence-electron chi connectivity index (χ2n) is 14.7. The van der Waals surface area contributed by atoms with Crippen molar-refractivity contribution in [2.75, 3.05) is 14.2 Å². The molecule has 57 heavy (non-hydrogen) atoms. The normalized spacial score (nSPS) is 29.4. The lowest BCUT2D eigenvalue weighted by atomic mass is 9.78. The van der Waals surface area contributed by atoms with Gasteiger partial charge in [0.05, 0.1) is 42.3 Å². The number of Topliss-reactive ketones (excluding diaryl/α,β-unsaturated/α-hetero) is 2. The second kappa shape index (κ2) is 17.8. The number of ether oxygens (including phenoxy) is 7. The van der Waals surface area contributed by atoms with E-state index in [1.165, 1.54) is 54.3 Å². The number of rotatable bonds is 4. The number of hydrogen-bond donors (Lipinski definition) is 1. The Morgan fingerprint density at radius 1 is 0.842 bits per heavy atom. The zero-order valence-corrected chi connectivity index (χ0v) is 34.3. The van der Waals surface area contributed by atoms with Crippen LogP contribution < -0.4 is 9.47 Å². The molecule has 0 fully saturated rings. The van der Waals surface area contributed by atoms with Crippen LogP contribution >= 0.6 is 0 Å². The minimum Gasteiger partial charge on any atom is -0.481 e. The van der Waals surface area contributed by atoms with Gasteiger partial charge in [0.2, 0.25) is 11.7 Å². The highest BCUT2D eigenvalue weighted by molar-refractivity contribution is 6.30. The Morgan fingerprint density at radius 3 is 2.04 bits per heavy atom. The summed E-state index contributed by atoms with van der Waals surface area (Å²) >= 11 is 0. The molecule has 0 radical (unpaired) electrons. The van der Waals surface area contributed by atoms with Crippen molar-refractivity contribution >= 4 is 41.2 Å². The van der Waals surface area contributed by atoms with Gasteiger partial charge in [0.15, 0.2) is 5.78 Å². The number of benzene rings is 1. The molecule has 3 heterocycles. The smallest absolute Gasteiger partial charge is 0.312 e. The lowest BCUT2D eigenvalue weighted by Gasteiger charge is -2.38. The van der Waals surface area contributed by atoms with Crippen molar-refractivity contribution in [2.45, 2.75) is 99.4 Å². The average molecular weight is 794 g/mol. The number of nitrogens with zero attached hydrogens (tertiary/aromatic N) is 1. The third-order valence-electron chi connectivity index (χ3n) is 10.4. The van der Waals surface area contributed by atoms with Crippen LogP contribution in [-0.2, 0) is 38.1 Å². The van der Waals surface area contributed by atoms with Gasteiger partial charge in [-0.05, 0) is 19.9 Å². The van der Waals surface area contributed by atoms with Crippen LogP contribution in [0, 0.1) is 30.6 Å². The van der Waals surface area contributed by atoms with Gasteiger partial charge in [0.1, 0.15) is 29.4 Å². The number of hydrogen-bond acceptors (Lipinski definition) is 15. The minimum atomic E-state index is -2.07. The summed E-state index contributed by atoms with van der Waals surface area (Å²) in [4.78, 5) is 83.7. The van der Waals surface area contributed by atoms with Crippen LogP contribution in [0.5, 0.6) is 11.5 Å². The van der Waals surface area contributed by atoms with Crippen molar-refractivity contribution in [1.29, 1.82) is 0 Å². The SMILES string of the molecule is COC1=NC2=CC(=O)c3c(c(OC(C)=O)c(C)c4c3C(=O)[C@@](C)(OC=C[C@H](OC)[C@H](C)[C@H](OC(C)=O)[C@H](C)[C@H](O)[C@H](C)[C@@H](OC(C)=O)[C@@H](C)C=CC=C1C)O4)C2=O. The maximum atomic E-state index is 14.2. The van der Waals surface area contributed by atoms with Crippen LogP contribution in [0.3, 0.4) is 0 Å². The van der Waals surface area contributed by atoms with Crippen LogP contribution in [0.15, 0.2) is 52.9 Å². The number of aliphatic hydroxyl groups is 1. The van der Waals surface area contributed by atoms with E-state index in [2.05, 4.69) is 4.99 Å². The van der Waals surface area contributed by atoms with E-state index in [1.54, 1.807) is 52.8 Å². The van der Waals surface area contributed by atoms with E-state index in [1.807, 2.05) is 0 Å². The first-order chi connectivity index (χ1) is 26.7. The zero-order chi connectivity index (χ0) is 42.7. The zero-order valence-electron chi connectivity index (χ0n) is 34.3. The van der Waals surface area contributed by atoms with E-state index in [0.29, 0.717) is 5.57 Å². The van der Waals surface area contributed by atoms with Crippen molar-refractivity contribution in [1.82, 2.24) is 0 Å². The summed E-state index contributed by atoms with van der Waals surface area (Å²) in [7, 11) is 2.74. The highest BCUT2D eigenvalue weighted by Gasteiger charge is 2.52. The largest absolute Gasteiger partial charge is 0.481 e. The molecule has 1 aromatic carbocycles. The minimum absolute atomic E-state index is 0.0363. The summed E-state index contributed by atoms with van der Waals surface area (Å²) in [6, 6.07) is 0. The van der Waals surface area contributed by atoms with Crippen molar-refractivity contribution in [3.05, 3.63) is 70.2 Å². The molecule has 0 saturated heterocycles. The summed E-state index contributed by atoms with van der Waals surface area (Å²) in [6.07, 6.45) is 4.92. The Labute approximate surface area is 331 Å². The summed E-state index contributed by atoms with van der Waals surface area (Å²) in [5, 5.41) is 11.8. The number of fused-ring (bicyclic) bond motifs is 13. The number of esters is 3. The number of aliphatic hydroxyl groups excluding tert-OH is 1. The molecule has 5 bridgehead atoms. The first kappa shape index (κ1) is 44.3. The van der Waals surface area contributed by atoms with Crippen LogP contribution in [0.2, 0.25) is 0 Å². The third kappa shape index (κ3) is 9.10. The maximum absolute atomic E-state index is 14.2. The lowest BCUT2D eigenvalue weighted by Crippen LogP contribution is -2.47. The monoisotopic (exact) mass is 793 g/mol. The molecule has 3 aliphatic heterocycles. The third-order valence-corrected chi connectivity index (χ3v) is 10.4. The van der Waals surface area contributed by atoms with Crippen molar-refractivity contribution in [3.63, 3.8) is 0 Å². The fourth-order valence-electron chi connectivity index (χ4n) is 7.43. The van der Waals surface area contributed by atoms with Gasteiger partial charge in [-0.3, -0.25) is 28.8 Å². The van der Waals surface area contributed by atoms with Gasteiger partial charge < -0.3 is 38.3 Å². The fraction of sp³-hybridized carbons (Fsp3) is 0.500. The van der Waals surface area contributed by atoms with E-state index in [9.17, 15) is 33.9 Å². The van der Waals surface area contributed by atoms with E-state index in [0.717, 1.165) is 13.0 Å². The van der Waals surface area contributed by atoms with E-state index in [4.69, 9.17) is 33.2 Å². The lowest BCUT2D eigenvalue weighted by molar-refractivity contribution is -0.164. The van der Waals surface area contributed by atoms with Gasteiger partial charge in [-0.15, -0.1) is 0 Å². The van der Waals surface area contributed by atoms with Crippen molar-refractivity contribution in [2.24, 2.45) is 28.7 Å². The molecule has 1 N–H and O–H groups in total. The standard InChI is InChI=1S/C42H51NO14/c1-19-14-13-15-20(2)41(52-12)43-28-18-29(47)31-32(35(28)49)38(56-27(9)46)24(6)39-33(31)40(50)42(10,57-39)53-17-16-30(51-11)21(3)37(55-26(8)45)23(5)34(48)22(4)36(19)54-25(7)44/h13-19,21-23,30,34,36-37,48H,1-12H3/t19-,21-,22-,23+,30-,34+,36-,37-,42-/m0/s1. The van der Waals surface area contributed by atoms with Crippen molar-refractivity contribution in [3.8, 4) is 11.5 Å². The second-order valence-corrected chi connectivity index (χ2v) is 14.7. The van der Waals surface area contributed by atoms with Crippen LogP contribution in [0.4, 0.5) is 0 Å². The quantitative estimate of drug-likeness (QED) is 0.302. The Morgan fingerprint density at radius 2 is 1.46 bits per heavy atom. The molecule has 0 unspecified atom stereocenters. The van der Waals surface area contributed by atoms with E-state index >= 15 is 0 Å². The molecular formula is C42H51NO14. The first-order valence-electron chi connectivity index (χ1n) is 18.5. The van der Waals surface area contributed by atoms with E-state index in [-0.39, 0.29) is 45.3 Å². The summed E-state index contributed by atoms with van der Waals surface area (Å²) in [6.45, 7) is 15.1. The molecule has 1 aliphatic carbocycles. The molecule has 4 aliphatic rings. The number of ketones is 3. The highest BCUT2D eigenvalue weighted by Crippen LogP contribution is 2.48. The molecular weight excluding hydrogens is 742 g/mol. The number of carbonyl (C=O) groups excluding carboxylic acids is 6. The molecule has 0 spiro atoms. The molecule has 15 nitrogen and oxygen atoms in total. The summed E-state index contributed by atoms with van der Waals surface area (Å²) < 4.78 is 40.3. The number of allylic oxidation sites excluding steroid dienone is 4. The van der Waals surface area contributed by atoms with Crippen LogP contribution in [0.25, 0.3) is 0 Å². The van der Waals surface area contributed by atoms with Gasteiger partial charge in [-0.2, -0.15) is 0 Å². The summed E-state index contributed by atoms with van der Waals surface area (Å²) in [5.41, 5.74) is -0.760. The highest BCUT2D eigenvalue weighted by atomic mass is 16.7. The predicted octanol–water partition coefficient (Wildman–Crippen LogP) is 5.35. The Hall–Kier alpha value is -5.41.